The third kappa shape index (κ3) is 4.61. The van der Waals surface area contributed by atoms with Gasteiger partial charge in [-0.2, -0.15) is 0 Å². The minimum atomic E-state index is 0.895. The average Bonchev–Trinajstić information content (AvgIpc) is 4.02. The highest BCUT2D eigenvalue weighted by atomic mass is 32.1. The largest absolute Gasteiger partial charge is 0.455 e. The van der Waals surface area contributed by atoms with Crippen molar-refractivity contribution in [2.75, 3.05) is 0 Å². The van der Waals surface area contributed by atoms with Crippen molar-refractivity contribution >= 4 is 118 Å². The van der Waals surface area contributed by atoms with Gasteiger partial charge in [0.05, 0.1) is 0 Å². The molecular formula is C58H32O2S. The Hall–Kier alpha value is -7.72. The number of benzene rings is 11. The summed E-state index contributed by atoms with van der Waals surface area (Å²) in [6, 6.07) is 70.7. The maximum Gasteiger partial charge on any atom is 0.143 e. The molecule has 14 rings (SSSR count). The molecule has 0 saturated carbocycles. The van der Waals surface area contributed by atoms with Gasteiger partial charge < -0.3 is 8.83 Å². The lowest BCUT2D eigenvalue weighted by Gasteiger charge is -2.18. The number of thiophene rings is 1. The van der Waals surface area contributed by atoms with Crippen molar-refractivity contribution in [1.29, 1.82) is 0 Å². The van der Waals surface area contributed by atoms with E-state index in [4.69, 9.17) is 8.83 Å². The van der Waals surface area contributed by atoms with Gasteiger partial charge in [-0.25, -0.2) is 0 Å². The molecule has 0 unspecified atom stereocenters. The van der Waals surface area contributed by atoms with Gasteiger partial charge in [0.25, 0.3) is 0 Å². The quantitative estimate of drug-likeness (QED) is 0.167. The summed E-state index contributed by atoms with van der Waals surface area (Å²) in [5, 5.41) is 16.7. The number of para-hydroxylation sites is 2. The van der Waals surface area contributed by atoms with E-state index < -0.39 is 0 Å². The summed E-state index contributed by atoms with van der Waals surface area (Å²) < 4.78 is 16.4. The van der Waals surface area contributed by atoms with E-state index in [0.29, 0.717) is 0 Å². The molecule has 0 N–H and O–H groups in total. The van der Waals surface area contributed by atoms with E-state index in [1.54, 1.807) is 0 Å². The van der Waals surface area contributed by atoms with Crippen molar-refractivity contribution in [2.45, 2.75) is 0 Å². The number of hydrogen-bond acceptors (Lipinski definition) is 3. The summed E-state index contributed by atoms with van der Waals surface area (Å²) in [4.78, 5) is 0. The normalized spacial score (nSPS) is 12.3. The Kier molecular flexibility index (Phi) is 6.74. The van der Waals surface area contributed by atoms with E-state index in [1.807, 2.05) is 11.3 Å². The van der Waals surface area contributed by atoms with Crippen LogP contribution in [-0.2, 0) is 0 Å². The maximum absolute atomic E-state index is 6.89. The molecule has 0 fully saturated rings. The average molecular weight is 793 g/mol. The molecule has 0 bridgehead atoms. The summed E-state index contributed by atoms with van der Waals surface area (Å²) in [6.07, 6.45) is 0. The van der Waals surface area contributed by atoms with Gasteiger partial charge in [0.1, 0.15) is 22.3 Å². The zero-order valence-corrected chi connectivity index (χ0v) is 33.5. The summed E-state index contributed by atoms with van der Waals surface area (Å²) in [6.45, 7) is 0. The Labute approximate surface area is 353 Å². The highest BCUT2D eigenvalue weighted by molar-refractivity contribution is 7.26. The molecule has 0 radical (unpaired) electrons. The molecule has 0 spiro atoms. The number of rotatable bonds is 3. The van der Waals surface area contributed by atoms with Crippen LogP contribution in [-0.4, -0.2) is 0 Å². The molecular weight excluding hydrogens is 761 g/mol. The molecule has 3 aromatic heterocycles. The van der Waals surface area contributed by atoms with Crippen molar-refractivity contribution in [3.05, 3.63) is 194 Å². The molecule has 14 aromatic rings. The predicted molar refractivity (Wildman–Crippen MR) is 260 cm³/mol. The fourth-order valence-electron chi connectivity index (χ4n) is 10.4. The standard InChI is InChI=1S/C58H32O2S/c1-3-16-35-33(14-1)30-48(56-54(35)43-19-5-8-27-50(43)59-56)37-21-11-23-40-46(37)32-47-38(49-31-34-15-2-4-17-36(34)55-44-20-6-9-28-51(44)60-57(49)55)22-12-24-41(47)53(40)45-26-13-25-42-39-18-7-10-29-52(39)61-58(42)45/h1-32H. The van der Waals surface area contributed by atoms with Crippen LogP contribution >= 0.6 is 11.3 Å². The molecule has 0 saturated heterocycles. The van der Waals surface area contributed by atoms with Crippen LogP contribution in [0.1, 0.15) is 0 Å². The zero-order valence-electron chi connectivity index (χ0n) is 32.7. The second kappa shape index (κ2) is 12.4. The molecule has 61 heavy (non-hydrogen) atoms. The fraction of sp³-hybridized carbons (Fsp3) is 0. The number of fused-ring (bicyclic) bond motifs is 15. The Morgan fingerprint density at radius 2 is 0.738 bits per heavy atom. The lowest BCUT2D eigenvalue weighted by Crippen LogP contribution is -1.92. The minimum Gasteiger partial charge on any atom is -0.455 e. The van der Waals surface area contributed by atoms with Gasteiger partial charge in [-0.05, 0) is 96.2 Å². The van der Waals surface area contributed by atoms with Gasteiger partial charge in [-0.3, -0.25) is 0 Å². The van der Waals surface area contributed by atoms with Crippen LogP contribution in [0, 0.1) is 0 Å². The van der Waals surface area contributed by atoms with Crippen molar-refractivity contribution in [3.63, 3.8) is 0 Å². The smallest absolute Gasteiger partial charge is 0.143 e. The zero-order chi connectivity index (χ0) is 39.8. The Morgan fingerprint density at radius 3 is 1.31 bits per heavy atom. The van der Waals surface area contributed by atoms with Crippen molar-refractivity contribution in [3.8, 4) is 33.4 Å². The van der Waals surface area contributed by atoms with Crippen LogP contribution in [0.15, 0.2) is 203 Å². The number of hydrogen-bond donors (Lipinski definition) is 0. The van der Waals surface area contributed by atoms with Crippen LogP contribution in [0.4, 0.5) is 0 Å². The Bertz CT molecular complexity index is 3970. The van der Waals surface area contributed by atoms with Crippen molar-refractivity contribution < 1.29 is 8.83 Å². The fourth-order valence-corrected chi connectivity index (χ4v) is 11.6. The van der Waals surface area contributed by atoms with Crippen LogP contribution in [0.3, 0.4) is 0 Å². The van der Waals surface area contributed by atoms with Gasteiger partial charge in [0, 0.05) is 58.4 Å². The van der Waals surface area contributed by atoms with Crippen LogP contribution in [0.2, 0.25) is 0 Å². The third-order valence-corrected chi connectivity index (χ3v) is 14.3. The second-order valence-corrected chi connectivity index (χ2v) is 17.3. The SMILES string of the molecule is c1ccc2c(c1)cc(-c1cccc3c(-c4cccc5c4sc4ccccc45)c4cccc(-c5cc6ccccc6c6c5oc5ccccc56)c4cc13)c1oc3ccccc3c12. The monoisotopic (exact) mass is 792 g/mol. The first-order chi connectivity index (χ1) is 30.3. The van der Waals surface area contributed by atoms with E-state index >= 15 is 0 Å². The highest BCUT2D eigenvalue weighted by Gasteiger charge is 2.24. The third-order valence-electron chi connectivity index (χ3n) is 13.0. The van der Waals surface area contributed by atoms with Crippen LogP contribution in [0.5, 0.6) is 0 Å². The van der Waals surface area contributed by atoms with Gasteiger partial charge in [-0.15, -0.1) is 11.3 Å². The van der Waals surface area contributed by atoms with E-state index in [0.717, 1.165) is 66.1 Å². The highest BCUT2D eigenvalue weighted by Crippen LogP contribution is 2.50. The summed E-state index contributed by atoms with van der Waals surface area (Å²) in [5.74, 6) is 0. The first-order valence-corrected chi connectivity index (χ1v) is 21.6. The summed E-state index contributed by atoms with van der Waals surface area (Å²) in [7, 11) is 0. The maximum atomic E-state index is 6.89. The lowest BCUT2D eigenvalue weighted by molar-refractivity contribution is 0.670. The molecule has 282 valence electrons. The summed E-state index contributed by atoms with van der Waals surface area (Å²) in [5.41, 5.74) is 10.5. The molecule has 3 heteroatoms. The summed E-state index contributed by atoms with van der Waals surface area (Å²) >= 11 is 1.88. The first-order valence-electron chi connectivity index (χ1n) is 20.8. The lowest BCUT2D eigenvalue weighted by atomic mass is 9.85. The van der Waals surface area contributed by atoms with Crippen molar-refractivity contribution in [2.24, 2.45) is 0 Å². The second-order valence-electron chi connectivity index (χ2n) is 16.2. The van der Waals surface area contributed by atoms with Crippen LogP contribution < -0.4 is 0 Å². The molecule has 0 aliphatic heterocycles. The van der Waals surface area contributed by atoms with Crippen molar-refractivity contribution in [1.82, 2.24) is 0 Å². The minimum absolute atomic E-state index is 0.895. The van der Waals surface area contributed by atoms with E-state index in [2.05, 4.69) is 194 Å². The van der Waals surface area contributed by atoms with Crippen LogP contribution in [0.25, 0.3) is 141 Å². The number of furan rings is 2. The first kappa shape index (κ1) is 33.1. The molecule has 11 aromatic carbocycles. The Balaban J connectivity index is 1.17. The Morgan fingerprint density at radius 1 is 0.295 bits per heavy atom. The predicted octanol–water partition coefficient (Wildman–Crippen LogP) is 17.5. The van der Waals surface area contributed by atoms with Gasteiger partial charge in [-0.1, -0.05) is 158 Å². The van der Waals surface area contributed by atoms with E-state index in [1.165, 1.54) is 74.4 Å². The van der Waals surface area contributed by atoms with Gasteiger partial charge in [0.2, 0.25) is 0 Å². The van der Waals surface area contributed by atoms with E-state index in [9.17, 15) is 0 Å². The topological polar surface area (TPSA) is 26.3 Å². The van der Waals surface area contributed by atoms with Gasteiger partial charge >= 0.3 is 0 Å². The molecule has 3 heterocycles. The van der Waals surface area contributed by atoms with E-state index in [-0.39, 0.29) is 0 Å². The molecule has 0 aliphatic carbocycles. The molecule has 0 amide bonds. The molecule has 0 aliphatic rings. The molecule has 0 atom stereocenters. The molecule has 2 nitrogen and oxygen atoms in total. The van der Waals surface area contributed by atoms with Gasteiger partial charge in [0.15, 0.2) is 0 Å².